The largest absolute Gasteiger partial charge is 0.325 e. The van der Waals surface area contributed by atoms with Crippen LogP contribution in [0.2, 0.25) is 0 Å². The van der Waals surface area contributed by atoms with Gasteiger partial charge in [0, 0.05) is 5.56 Å². The summed E-state index contributed by atoms with van der Waals surface area (Å²) in [6, 6.07) is 5.44. The Hall–Kier alpha value is -1.64. The van der Waals surface area contributed by atoms with Crippen LogP contribution in [0.5, 0.6) is 0 Å². The van der Waals surface area contributed by atoms with Gasteiger partial charge in [0.05, 0.1) is 12.1 Å². The molecule has 0 radical (unpaired) electrons. The second-order valence-corrected chi connectivity index (χ2v) is 3.20. The van der Waals surface area contributed by atoms with E-state index < -0.39 is 0 Å². The average molecular weight is 175 g/mol. The second kappa shape index (κ2) is 2.69. The minimum Gasteiger partial charge on any atom is -0.325 e. The Morgan fingerprint density at radius 2 is 2.08 bits per heavy atom. The fraction of sp³-hybridized carbons (Fsp3) is 0.200. The Morgan fingerprint density at radius 3 is 2.85 bits per heavy atom. The lowest BCUT2D eigenvalue weighted by molar-refractivity contribution is -0.115. The number of aryl methyl sites for hydroxylation is 1. The van der Waals surface area contributed by atoms with Crippen molar-refractivity contribution in [2.45, 2.75) is 13.3 Å². The lowest BCUT2D eigenvalue weighted by Gasteiger charge is -2.15. The summed E-state index contributed by atoms with van der Waals surface area (Å²) in [6.07, 6.45) is -0.0317. The zero-order valence-electron chi connectivity index (χ0n) is 7.26. The molecule has 1 aliphatic rings. The molecule has 1 amide bonds. The van der Waals surface area contributed by atoms with Crippen LogP contribution in [0, 0.1) is 6.92 Å². The quantitative estimate of drug-likeness (QED) is 0.607. The van der Waals surface area contributed by atoms with E-state index in [-0.39, 0.29) is 18.1 Å². The number of benzene rings is 1. The molecular weight excluding hydrogens is 166 g/mol. The summed E-state index contributed by atoms with van der Waals surface area (Å²) in [5.74, 6) is -0.318. The molecule has 3 nitrogen and oxygen atoms in total. The summed E-state index contributed by atoms with van der Waals surface area (Å²) in [5, 5.41) is 2.67. The van der Waals surface area contributed by atoms with Crippen molar-refractivity contribution in [1.82, 2.24) is 0 Å². The Kier molecular flexibility index (Phi) is 1.65. The standard InChI is InChI=1S/C10H9NO2/c1-6-2-3-7-8(4-6)11-10(13)5-9(7)12/h2-4H,5H2,1H3,(H,11,13). The first-order valence-corrected chi connectivity index (χ1v) is 4.10. The molecule has 1 aliphatic heterocycles. The van der Waals surface area contributed by atoms with Gasteiger partial charge in [0.1, 0.15) is 0 Å². The van der Waals surface area contributed by atoms with Crippen molar-refractivity contribution in [2.24, 2.45) is 0 Å². The number of carbonyl (C=O) groups is 2. The Morgan fingerprint density at radius 1 is 1.31 bits per heavy atom. The van der Waals surface area contributed by atoms with Gasteiger partial charge < -0.3 is 5.32 Å². The smallest absolute Gasteiger partial charge is 0.232 e. The van der Waals surface area contributed by atoms with Crippen LogP contribution in [-0.2, 0) is 4.79 Å². The number of fused-ring (bicyclic) bond motifs is 1. The molecule has 13 heavy (non-hydrogen) atoms. The molecule has 0 spiro atoms. The maximum Gasteiger partial charge on any atom is 0.232 e. The Labute approximate surface area is 75.8 Å². The van der Waals surface area contributed by atoms with Gasteiger partial charge in [-0.25, -0.2) is 0 Å². The van der Waals surface area contributed by atoms with Crippen molar-refractivity contribution >= 4 is 17.4 Å². The molecule has 66 valence electrons. The first-order valence-electron chi connectivity index (χ1n) is 4.10. The van der Waals surface area contributed by atoms with E-state index in [2.05, 4.69) is 5.32 Å². The van der Waals surface area contributed by atoms with Crippen LogP contribution in [-0.4, -0.2) is 11.7 Å². The normalized spacial score (nSPS) is 15.2. The SMILES string of the molecule is Cc1ccc2c(c1)NC(=O)CC2=O. The molecule has 3 heteroatoms. The molecule has 0 fully saturated rings. The molecule has 1 N–H and O–H groups in total. The van der Waals surface area contributed by atoms with E-state index >= 15 is 0 Å². The van der Waals surface area contributed by atoms with Gasteiger partial charge in [-0.15, -0.1) is 0 Å². The Balaban J connectivity index is 2.55. The first-order chi connectivity index (χ1) is 6.16. The van der Waals surface area contributed by atoms with Crippen LogP contribution in [0.3, 0.4) is 0 Å². The number of hydrogen-bond donors (Lipinski definition) is 1. The van der Waals surface area contributed by atoms with Gasteiger partial charge in [0.25, 0.3) is 0 Å². The first kappa shape index (κ1) is 7.98. The molecule has 0 aliphatic carbocycles. The van der Waals surface area contributed by atoms with Crippen molar-refractivity contribution in [3.8, 4) is 0 Å². The predicted octanol–water partition coefficient (Wildman–Crippen LogP) is 1.52. The maximum absolute atomic E-state index is 11.3. The van der Waals surface area contributed by atoms with E-state index in [4.69, 9.17) is 0 Å². The zero-order valence-corrected chi connectivity index (χ0v) is 7.26. The molecule has 0 saturated heterocycles. The van der Waals surface area contributed by atoms with Crippen LogP contribution < -0.4 is 5.32 Å². The lowest BCUT2D eigenvalue weighted by Crippen LogP contribution is -2.23. The monoisotopic (exact) mass is 175 g/mol. The van der Waals surface area contributed by atoms with Crippen molar-refractivity contribution < 1.29 is 9.59 Å². The van der Waals surface area contributed by atoms with Crippen molar-refractivity contribution in [3.05, 3.63) is 29.3 Å². The van der Waals surface area contributed by atoms with Gasteiger partial charge in [-0.05, 0) is 24.6 Å². The number of rotatable bonds is 0. The van der Waals surface area contributed by atoms with Crippen molar-refractivity contribution in [2.75, 3.05) is 5.32 Å². The number of ketones is 1. The summed E-state index contributed by atoms with van der Waals surface area (Å²) in [5.41, 5.74) is 2.29. The predicted molar refractivity (Wildman–Crippen MR) is 48.8 cm³/mol. The zero-order chi connectivity index (χ0) is 9.42. The van der Waals surface area contributed by atoms with Crippen molar-refractivity contribution in [1.29, 1.82) is 0 Å². The maximum atomic E-state index is 11.3. The number of anilines is 1. The molecule has 1 heterocycles. The second-order valence-electron chi connectivity index (χ2n) is 3.20. The number of nitrogens with one attached hydrogen (secondary N) is 1. The molecule has 0 unspecified atom stereocenters. The summed E-state index contributed by atoms with van der Waals surface area (Å²) in [7, 11) is 0. The van der Waals surface area contributed by atoms with E-state index in [9.17, 15) is 9.59 Å². The van der Waals surface area contributed by atoms with Crippen LogP contribution >= 0.6 is 0 Å². The van der Waals surface area contributed by atoms with Crippen LogP contribution in [0.1, 0.15) is 22.3 Å². The third-order valence-corrected chi connectivity index (χ3v) is 2.07. The summed E-state index contributed by atoms with van der Waals surface area (Å²) < 4.78 is 0. The molecule has 0 aromatic heterocycles. The van der Waals surface area contributed by atoms with Gasteiger partial charge in [0.15, 0.2) is 5.78 Å². The van der Waals surface area contributed by atoms with E-state index in [1.165, 1.54) is 0 Å². The number of Topliss-reactive ketones (excluding diaryl/α,β-unsaturated/α-hetero) is 1. The molecule has 0 atom stereocenters. The van der Waals surface area contributed by atoms with Crippen LogP contribution in [0.25, 0.3) is 0 Å². The van der Waals surface area contributed by atoms with E-state index in [0.717, 1.165) is 5.56 Å². The molecule has 2 rings (SSSR count). The van der Waals surface area contributed by atoms with E-state index in [1.807, 2.05) is 19.1 Å². The Bertz CT molecular complexity index is 396. The molecule has 1 aromatic carbocycles. The molecule has 0 bridgehead atoms. The van der Waals surface area contributed by atoms with Gasteiger partial charge in [0.2, 0.25) is 5.91 Å². The molecule has 0 saturated carbocycles. The highest BCUT2D eigenvalue weighted by Gasteiger charge is 2.21. The third kappa shape index (κ3) is 1.33. The van der Waals surface area contributed by atoms with Gasteiger partial charge in [-0.3, -0.25) is 9.59 Å². The van der Waals surface area contributed by atoms with Gasteiger partial charge >= 0.3 is 0 Å². The summed E-state index contributed by atoms with van der Waals surface area (Å²) in [6.45, 7) is 1.92. The summed E-state index contributed by atoms with van der Waals surface area (Å²) >= 11 is 0. The fourth-order valence-electron chi connectivity index (χ4n) is 1.44. The number of amides is 1. The van der Waals surface area contributed by atoms with E-state index in [0.29, 0.717) is 11.3 Å². The minimum atomic E-state index is -0.219. The number of hydrogen-bond acceptors (Lipinski definition) is 2. The highest BCUT2D eigenvalue weighted by atomic mass is 16.2. The van der Waals surface area contributed by atoms with E-state index in [1.54, 1.807) is 6.07 Å². The highest BCUT2D eigenvalue weighted by molar-refractivity contribution is 6.18. The van der Waals surface area contributed by atoms with Crippen LogP contribution in [0.4, 0.5) is 5.69 Å². The highest BCUT2D eigenvalue weighted by Crippen LogP contribution is 2.23. The molecular formula is C10H9NO2. The van der Waals surface area contributed by atoms with Gasteiger partial charge in [-0.1, -0.05) is 6.07 Å². The number of carbonyl (C=O) groups excluding carboxylic acids is 2. The summed E-state index contributed by atoms with van der Waals surface area (Å²) in [4.78, 5) is 22.4. The van der Waals surface area contributed by atoms with Crippen LogP contribution in [0.15, 0.2) is 18.2 Å². The van der Waals surface area contributed by atoms with Gasteiger partial charge in [-0.2, -0.15) is 0 Å². The average Bonchev–Trinajstić information content (AvgIpc) is 2.02. The third-order valence-electron chi connectivity index (χ3n) is 2.07. The fourth-order valence-corrected chi connectivity index (χ4v) is 1.44. The molecule has 1 aromatic rings. The topological polar surface area (TPSA) is 46.2 Å². The van der Waals surface area contributed by atoms with Crippen molar-refractivity contribution in [3.63, 3.8) is 0 Å². The minimum absolute atomic E-state index is 0.0317. The lowest BCUT2D eigenvalue weighted by atomic mass is 10.0.